The number of aryl methyl sites for hydroxylation is 1. The Morgan fingerprint density at radius 1 is 1.02 bits per heavy atom. The molecule has 0 saturated heterocycles. The number of unbranched alkanes of at least 4 members (excludes halogenated alkanes) is 1. The van der Waals surface area contributed by atoms with Crippen LogP contribution in [0.4, 0.5) is 25.1 Å². The average Bonchev–Trinajstić information content (AvgIpc) is 3.44. The first kappa shape index (κ1) is 34.6. The van der Waals surface area contributed by atoms with Gasteiger partial charge in [0.15, 0.2) is 11.5 Å². The predicted octanol–water partition coefficient (Wildman–Crippen LogP) is 6.02. The third kappa shape index (κ3) is 9.61. The highest BCUT2D eigenvalue weighted by atomic mass is 19.3. The number of fused-ring (bicyclic) bond motifs is 1. The molecule has 0 bridgehead atoms. The summed E-state index contributed by atoms with van der Waals surface area (Å²) in [4.78, 5) is 46.0. The molecule has 0 aliphatic heterocycles. The van der Waals surface area contributed by atoms with Crippen molar-refractivity contribution in [2.24, 2.45) is 0 Å². The number of anilines is 2. The van der Waals surface area contributed by atoms with Crippen molar-refractivity contribution in [3.05, 3.63) is 72.2 Å². The Morgan fingerprint density at radius 3 is 2.43 bits per heavy atom. The van der Waals surface area contributed by atoms with Gasteiger partial charge in [0.25, 0.3) is 5.91 Å². The first-order valence-electron chi connectivity index (χ1n) is 14.9. The minimum atomic E-state index is -2.90. The normalized spacial score (nSPS) is 12.0. The number of nitrogens with one attached hydrogen (secondary N) is 3. The molecule has 1 atom stereocenters. The summed E-state index contributed by atoms with van der Waals surface area (Å²) < 4.78 is 41.3. The smallest absolute Gasteiger partial charge is 0.408 e. The summed E-state index contributed by atoms with van der Waals surface area (Å²) in [5.41, 5.74) is 3.27. The summed E-state index contributed by atoms with van der Waals surface area (Å²) in [5, 5.41) is 8.69. The van der Waals surface area contributed by atoms with Gasteiger partial charge in [-0.3, -0.25) is 9.20 Å². The molecular weight excluding hydrogens is 614 g/mol. The molecule has 12 nitrogen and oxygen atoms in total. The Hall–Kier alpha value is -5.27. The van der Waals surface area contributed by atoms with E-state index in [2.05, 4.69) is 30.7 Å². The molecule has 0 radical (unpaired) electrons. The maximum absolute atomic E-state index is 12.9. The third-order valence-electron chi connectivity index (χ3n) is 6.92. The highest BCUT2D eigenvalue weighted by molar-refractivity contribution is 5.96. The monoisotopic (exact) mass is 652 g/mol. The first-order chi connectivity index (χ1) is 22.3. The van der Waals surface area contributed by atoms with Crippen LogP contribution in [0, 0.1) is 6.92 Å². The van der Waals surface area contributed by atoms with Crippen LogP contribution in [0.5, 0.6) is 5.75 Å². The quantitative estimate of drug-likeness (QED) is 0.117. The van der Waals surface area contributed by atoms with Gasteiger partial charge in [0, 0.05) is 35.8 Å². The lowest BCUT2D eigenvalue weighted by atomic mass is 10.1. The Labute approximate surface area is 270 Å². The average molecular weight is 653 g/mol. The van der Waals surface area contributed by atoms with E-state index in [0.29, 0.717) is 48.5 Å². The first-order valence-corrected chi connectivity index (χ1v) is 14.9. The van der Waals surface area contributed by atoms with Crippen molar-refractivity contribution in [2.45, 2.75) is 65.2 Å². The number of imidazole rings is 1. The van der Waals surface area contributed by atoms with Crippen molar-refractivity contribution >= 4 is 35.1 Å². The maximum Gasteiger partial charge on any atom is 0.408 e. The van der Waals surface area contributed by atoms with Gasteiger partial charge < -0.3 is 30.2 Å². The van der Waals surface area contributed by atoms with E-state index < -0.39 is 30.3 Å². The summed E-state index contributed by atoms with van der Waals surface area (Å²) in [6.45, 7) is 4.48. The molecular formula is C33H38F2N6O6. The molecule has 14 heteroatoms. The number of methoxy groups -OCH3 is 1. The number of rotatable bonds is 13. The van der Waals surface area contributed by atoms with Gasteiger partial charge in [0.1, 0.15) is 17.4 Å². The van der Waals surface area contributed by atoms with Crippen LogP contribution >= 0.6 is 0 Å². The molecule has 2 aromatic carbocycles. The molecule has 0 fully saturated rings. The highest BCUT2D eigenvalue weighted by Crippen LogP contribution is 2.27. The van der Waals surface area contributed by atoms with E-state index >= 15 is 0 Å². The van der Waals surface area contributed by atoms with Gasteiger partial charge in [0.05, 0.1) is 19.0 Å². The van der Waals surface area contributed by atoms with Gasteiger partial charge in [-0.1, -0.05) is 0 Å². The second-order valence-electron chi connectivity index (χ2n) is 11.6. The van der Waals surface area contributed by atoms with Gasteiger partial charge in [-0.2, -0.15) is 8.78 Å². The van der Waals surface area contributed by atoms with Crippen molar-refractivity contribution in [1.82, 2.24) is 25.0 Å². The number of hydrogen-bond donors (Lipinski definition) is 3. The summed E-state index contributed by atoms with van der Waals surface area (Å²) in [5.74, 6) is -0.265. The highest BCUT2D eigenvalue weighted by Gasteiger charge is 2.24. The number of hydrogen-bond acceptors (Lipinski definition) is 9. The third-order valence-corrected chi connectivity index (χ3v) is 6.92. The van der Waals surface area contributed by atoms with Crippen LogP contribution in [0.3, 0.4) is 0 Å². The number of carbonyl (C=O) groups excluding carboxylic acids is 3. The zero-order valence-electron chi connectivity index (χ0n) is 26.8. The predicted molar refractivity (Wildman–Crippen MR) is 171 cm³/mol. The molecule has 2 aromatic heterocycles. The Balaban J connectivity index is 1.32. The number of halogens is 2. The molecule has 0 spiro atoms. The number of nitrogens with zero attached hydrogens (tertiary/aromatic N) is 3. The van der Waals surface area contributed by atoms with Crippen LogP contribution in [0.25, 0.3) is 16.9 Å². The van der Waals surface area contributed by atoms with Gasteiger partial charge in [-0.25, -0.2) is 19.6 Å². The number of benzene rings is 2. The molecule has 2 heterocycles. The minimum absolute atomic E-state index is 0.0626. The van der Waals surface area contributed by atoms with Gasteiger partial charge >= 0.3 is 18.7 Å². The maximum atomic E-state index is 12.9. The van der Waals surface area contributed by atoms with Crippen LogP contribution in [-0.4, -0.2) is 64.2 Å². The summed E-state index contributed by atoms with van der Waals surface area (Å²) >= 11 is 0. The Kier molecular flexibility index (Phi) is 11.3. The molecule has 3 N–H and O–H groups in total. The van der Waals surface area contributed by atoms with Crippen LogP contribution in [0.2, 0.25) is 0 Å². The fourth-order valence-electron chi connectivity index (χ4n) is 4.77. The van der Waals surface area contributed by atoms with Gasteiger partial charge in [-0.05, 0) is 95.0 Å². The van der Waals surface area contributed by atoms with E-state index in [9.17, 15) is 23.2 Å². The van der Waals surface area contributed by atoms with Crippen LogP contribution < -0.4 is 20.7 Å². The second-order valence-corrected chi connectivity index (χ2v) is 11.6. The second kappa shape index (κ2) is 15.3. The molecule has 4 aromatic rings. The molecule has 2 amide bonds. The summed E-state index contributed by atoms with van der Waals surface area (Å²) in [6, 6.07) is 10.7. The molecule has 0 aliphatic carbocycles. The van der Waals surface area contributed by atoms with Crippen molar-refractivity contribution in [3.63, 3.8) is 0 Å². The van der Waals surface area contributed by atoms with E-state index in [1.807, 2.05) is 17.4 Å². The zero-order valence-corrected chi connectivity index (χ0v) is 26.8. The number of alkyl carbamates (subject to hydrolysis) is 1. The molecule has 0 saturated carbocycles. The lowest BCUT2D eigenvalue weighted by Gasteiger charge is -2.22. The van der Waals surface area contributed by atoms with Crippen molar-refractivity contribution in [3.8, 4) is 17.0 Å². The van der Waals surface area contributed by atoms with E-state index in [1.54, 1.807) is 63.6 Å². The summed E-state index contributed by atoms with van der Waals surface area (Å²) in [7, 11) is 1.25. The van der Waals surface area contributed by atoms with Gasteiger partial charge in [-0.15, -0.1) is 0 Å². The van der Waals surface area contributed by atoms with E-state index in [4.69, 9.17) is 9.47 Å². The number of esters is 1. The molecule has 4 rings (SSSR count). The molecule has 0 unspecified atom stereocenters. The van der Waals surface area contributed by atoms with Crippen LogP contribution in [0.15, 0.2) is 61.1 Å². The van der Waals surface area contributed by atoms with E-state index in [-0.39, 0.29) is 11.7 Å². The van der Waals surface area contributed by atoms with Gasteiger partial charge in [0.2, 0.25) is 0 Å². The van der Waals surface area contributed by atoms with E-state index in [0.717, 1.165) is 16.8 Å². The fraction of sp³-hybridized carbons (Fsp3) is 0.364. The lowest BCUT2D eigenvalue weighted by Crippen LogP contribution is -2.44. The van der Waals surface area contributed by atoms with Crippen molar-refractivity contribution in [2.75, 3.05) is 19.0 Å². The fourth-order valence-corrected chi connectivity index (χ4v) is 4.77. The van der Waals surface area contributed by atoms with Crippen molar-refractivity contribution in [1.29, 1.82) is 0 Å². The molecule has 0 aliphatic rings. The molecule has 250 valence electrons. The van der Waals surface area contributed by atoms with Crippen LogP contribution in [0.1, 0.15) is 56.0 Å². The number of aromatic nitrogens is 3. The topological polar surface area (TPSA) is 145 Å². The van der Waals surface area contributed by atoms with Crippen molar-refractivity contribution < 1.29 is 37.4 Å². The zero-order chi connectivity index (χ0) is 34.1. The number of carbonyl (C=O) groups is 3. The standard InChI is InChI=1S/C33H38F2N6O6/c1-20-18-22(39-27-28-38-19-26(41(28)17-16-36-27)21-9-12-23(13-10-21)46-31(34)35)11-14-24(20)29(42)37-15-7-6-8-25(30(43)45-5)40-32(44)47-33(2,3)4/h9-14,16-19,25,31H,6-8,15H2,1-5H3,(H,36,39)(H,37,42)(H,40,44)/t25-/m0/s1. The number of alkyl halides is 2. The Morgan fingerprint density at radius 2 is 1.77 bits per heavy atom. The SMILES string of the molecule is COC(=O)[C@H](CCCCNC(=O)c1ccc(Nc2nccn3c(-c4ccc(OC(F)F)cc4)cnc23)cc1C)NC(=O)OC(C)(C)C. The molecule has 47 heavy (non-hydrogen) atoms. The van der Waals surface area contributed by atoms with E-state index in [1.165, 1.54) is 19.2 Å². The summed E-state index contributed by atoms with van der Waals surface area (Å²) in [6.07, 6.45) is 5.76. The Bertz CT molecular complexity index is 1700. The number of amides is 2. The van der Waals surface area contributed by atoms with Crippen LogP contribution in [-0.2, 0) is 14.3 Å². The minimum Gasteiger partial charge on any atom is -0.467 e. The number of ether oxygens (including phenoxy) is 3. The lowest BCUT2D eigenvalue weighted by molar-refractivity contribution is -0.143. The largest absolute Gasteiger partial charge is 0.467 e.